The largest absolute Gasteiger partial charge is 0.416 e. The van der Waals surface area contributed by atoms with Crippen molar-refractivity contribution in [3.05, 3.63) is 57.5 Å². The van der Waals surface area contributed by atoms with Crippen molar-refractivity contribution in [2.24, 2.45) is 0 Å². The molecule has 2 heterocycles. The van der Waals surface area contributed by atoms with Crippen molar-refractivity contribution in [3.8, 4) is 0 Å². The number of carbonyl (C=O) groups excluding carboxylic acids is 1. The SMILES string of the molecule is Cc1cc(=O)cc(C)n1CC(=O)Nc1cc(C(F)(F)F)ccc1N1CCN(C)CC1. The lowest BCUT2D eigenvalue weighted by Crippen LogP contribution is -2.44. The van der Waals surface area contributed by atoms with Gasteiger partial charge in [0.25, 0.3) is 0 Å². The number of halogens is 3. The van der Waals surface area contributed by atoms with E-state index >= 15 is 0 Å². The van der Waals surface area contributed by atoms with Crippen LogP contribution in [0, 0.1) is 13.8 Å². The number of benzene rings is 1. The van der Waals surface area contributed by atoms with Crippen LogP contribution in [0.15, 0.2) is 35.1 Å². The zero-order valence-corrected chi connectivity index (χ0v) is 17.2. The molecule has 0 atom stereocenters. The van der Waals surface area contributed by atoms with Gasteiger partial charge in [0.2, 0.25) is 5.91 Å². The van der Waals surface area contributed by atoms with Crippen LogP contribution in [-0.4, -0.2) is 48.6 Å². The highest BCUT2D eigenvalue weighted by molar-refractivity contribution is 5.94. The average Bonchev–Trinajstić information content (AvgIpc) is 2.65. The van der Waals surface area contributed by atoms with Crippen LogP contribution in [0.5, 0.6) is 0 Å². The summed E-state index contributed by atoms with van der Waals surface area (Å²) < 4.78 is 41.4. The van der Waals surface area contributed by atoms with Crippen molar-refractivity contribution in [1.29, 1.82) is 0 Å². The van der Waals surface area contributed by atoms with E-state index in [0.717, 1.165) is 25.2 Å². The van der Waals surface area contributed by atoms with Crippen LogP contribution in [0.2, 0.25) is 0 Å². The van der Waals surface area contributed by atoms with E-state index in [1.807, 2.05) is 11.9 Å². The number of anilines is 2. The Labute approximate surface area is 172 Å². The Morgan fingerprint density at radius 3 is 2.20 bits per heavy atom. The van der Waals surface area contributed by atoms with Gasteiger partial charge in [-0.2, -0.15) is 13.2 Å². The Balaban J connectivity index is 1.89. The second-order valence-corrected chi connectivity index (χ2v) is 7.63. The second kappa shape index (κ2) is 8.51. The number of hydrogen-bond acceptors (Lipinski definition) is 4. The predicted octanol–water partition coefficient (Wildman–Crippen LogP) is 2.87. The van der Waals surface area contributed by atoms with Crippen LogP contribution < -0.4 is 15.6 Å². The monoisotopic (exact) mass is 422 g/mol. The first-order chi connectivity index (χ1) is 14.0. The third-order valence-electron chi connectivity index (χ3n) is 5.30. The van der Waals surface area contributed by atoms with E-state index in [-0.39, 0.29) is 17.7 Å². The van der Waals surface area contributed by atoms with Gasteiger partial charge in [-0.3, -0.25) is 9.59 Å². The molecule has 30 heavy (non-hydrogen) atoms. The lowest BCUT2D eigenvalue weighted by molar-refractivity contribution is -0.137. The van der Waals surface area contributed by atoms with Crippen molar-refractivity contribution in [1.82, 2.24) is 9.47 Å². The number of pyridine rings is 1. The number of rotatable bonds is 4. The minimum Gasteiger partial charge on any atom is -0.367 e. The van der Waals surface area contributed by atoms with Crippen molar-refractivity contribution < 1.29 is 18.0 Å². The highest BCUT2D eigenvalue weighted by Crippen LogP contribution is 2.35. The summed E-state index contributed by atoms with van der Waals surface area (Å²) in [6.07, 6.45) is -4.51. The van der Waals surface area contributed by atoms with Crippen LogP contribution in [-0.2, 0) is 17.5 Å². The number of likely N-dealkylation sites (N-methyl/N-ethyl adjacent to an activating group) is 1. The summed E-state index contributed by atoms with van der Waals surface area (Å²) in [5, 5.41) is 2.66. The number of aromatic nitrogens is 1. The number of hydrogen-bond donors (Lipinski definition) is 1. The molecule has 1 amide bonds. The van der Waals surface area contributed by atoms with E-state index in [0.29, 0.717) is 30.2 Å². The summed E-state index contributed by atoms with van der Waals surface area (Å²) in [6.45, 7) is 6.19. The van der Waals surface area contributed by atoms with Gasteiger partial charge in [-0.25, -0.2) is 0 Å². The summed E-state index contributed by atoms with van der Waals surface area (Å²) in [6, 6.07) is 6.27. The van der Waals surface area contributed by atoms with Gasteiger partial charge in [-0.1, -0.05) is 0 Å². The van der Waals surface area contributed by atoms with E-state index < -0.39 is 17.6 Å². The molecule has 9 heteroatoms. The molecular formula is C21H25F3N4O2. The molecule has 0 unspecified atom stereocenters. The Morgan fingerprint density at radius 2 is 1.63 bits per heavy atom. The standard InChI is InChI=1S/C21H25F3N4O2/c1-14-10-17(29)11-15(2)28(14)13-20(30)25-18-12-16(21(22,23)24)4-5-19(18)27-8-6-26(3)7-9-27/h4-5,10-12H,6-9,13H2,1-3H3,(H,25,30). The normalized spacial score (nSPS) is 15.3. The molecule has 3 rings (SSSR count). The summed E-state index contributed by atoms with van der Waals surface area (Å²) >= 11 is 0. The molecule has 0 aliphatic carbocycles. The first kappa shape index (κ1) is 21.9. The zero-order chi connectivity index (χ0) is 22.1. The zero-order valence-electron chi connectivity index (χ0n) is 17.2. The Bertz CT molecular complexity index is 966. The topological polar surface area (TPSA) is 57.6 Å². The second-order valence-electron chi connectivity index (χ2n) is 7.63. The third kappa shape index (κ3) is 5.02. The third-order valence-corrected chi connectivity index (χ3v) is 5.30. The molecule has 2 aromatic rings. The van der Waals surface area contributed by atoms with Crippen LogP contribution in [0.4, 0.5) is 24.5 Å². The van der Waals surface area contributed by atoms with Gasteiger partial charge < -0.3 is 19.7 Å². The van der Waals surface area contributed by atoms with Gasteiger partial charge in [0.05, 0.1) is 16.9 Å². The molecule has 1 aromatic carbocycles. The number of aryl methyl sites for hydroxylation is 2. The van der Waals surface area contributed by atoms with E-state index in [1.165, 1.54) is 18.2 Å². The maximum Gasteiger partial charge on any atom is 0.416 e. The van der Waals surface area contributed by atoms with Gasteiger partial charge in [0.1, 0.15) is 6.54 Å². The molecule has 162 valence electrons. The van der Waals surface area contributed by atoms with Crippen LogP contribution in [0.3, 0.4) is 0 Å². The van der Waals surface area contributed by atoms with Gasteiger partial charge in [0, 0.05) is 49.7 Å². The van der Waals surface area contributed by atoms with Gasteiger partial charge in [0.15, 0.2) is 5.43 Å². The number of nitrogens with zero attached hydrogens (tertiary/aromatic N) is 3. The van der Waals surface area contributed by atoms with Crippen LogP contribution in [0.25, 0.3) is 0 Å². The Hall–Kier alpha value is -2.81. The van der Waals surface area contributed by atoms with Gasteiger partial charge >= 0.3 is 6.18 Å². The van der Waals surface area contributed by atoms with Crippen molar-refractivity contribution in [2.75, 3.05) is 43.4 Å². The highest BCUT2D eigenvalue weighted by atomic mass is 19.4. The van der Waals surface area contributed by atoms with Crippen molar-refractivity contribution >= 4 is 17.3 Å². The minimum atomic E-state index is -4.51. The summed E-state index contributed by atoms with van der Waals surface area (Å²) in [5.74, 6) is -0.459. The molecule has 1 saturated heterocycles. The number of carbonyl (C=O) groups is 1. The first-order valence-corrected chi connectivity index (χ1v) is 9.67. The summed E-state index contributed by atoms with van der Waals surface area (Å²) in [7, 11) is 1.99. The Morgan fingerprint density at radius 1 is 1.03 bits per heavy atom. The van der Waals surface area contributed by atoms with Gasteiger partial charge in [-0.15, -0.1) is 0 Å². The van der Waals surface area contributed by atoms with E-state index in [1.54, 1.807) is 18.4 Å². The number of nitrogens with one attached hydrogen (secondary N) is 1. The molecule has 0 radical (unpaired) electrons. The molecular weight excluding hydrogens is 397 g/mol. The average molecular weight is 422 g/mol. The molecule has 0 bridgehead atoms. The summed E-state index contributed by atoms with van der Waals surface area (Å²) in [5.41, 5.74) is 0.953. The smallest absolute Gasteiger partial charge is 0.367 e. The fourth-order valence-corrected chi connectivity index (χ4v) is 3.61. The van der Waals surface area contributed by atoms with E-state index in [2.05, 4.69) is 10.2 Å². The minimum absolute atomic E-state index is 0.101. The molecule has 1 N–H and O–H groups in total. The van der Waals surface area contributed by atoms with Crippen molar-refractivity contribution in [2.45, 2.75) is 26.6 Å². The quantitative estimate of drug-likeness (QED) is 0.823. The molecule has 0 saturated carbocycles. The molecule has 1 aliphatic heterocycles. The van der Waals surface area contributed by atoms with Gasteiger partial charge in [-0.05, 0) is 39.1 Å². The highest BCUT2D eigenvalue weighted by Gasteiger charge is 2.32. The Kier molecular flexibility index (Phi) is 6.21. The maximum atomic E-state index is 13.3. The van der Waals surface area contributed by atoms with Crippen molar-refractivity contribution in [3.63, 3.8) is 0 Å². The molecule has 1 aliphatic rings. The van der Waals surface area contributed by atoms with Crippen LogP contribution >= 0.6 is 0 Å². The maximum absolute atomic E-state index is 13.3. The number of piperazine rings is 1. The number of amides is 1. The van der Waals surface area contributed by atoms with E-state index in [9.17, 15) is 22.8 Å². The summed E-state index contributed by atoms with van der Waals surface area (Å²) in [4.78, 5) is 28.4. The molecule has 1 aromatic heterocycles. The molecule has 0 spiro atoms. The van der Waals surface area contributed by atoms with E-state index in [4.69, 9.17) is 0 Å². The number of alkyl halides is 3. The fraction of sp³-hybridized carbons (Fsp3) is 0.429. The lowest BCUT2D eigenvalue weighted by Gasteiger charge is -2.35. The lowest BCUT2D eigenvalue weighted by atomic mass is 10.1. The molecule has 6 nitrogen and oxygen atoms in total. The first-order valence-electron chi connectivity index (χ1n) is 9.67. The van der Waals surface area contributed by atoms with Crippen LogP contribution in [0.1, 0.15) is 17.0 Å². The molecule has 1 fully saturated rings. The fourth-order valence-electron chi connectivity index (χ4n) is 3.61. The predicted molar refractivity (Wildman–Crippen MR) is 110 cm³/mol.